The number of piperidine rings is 1. The molecule has 1 spiro atoms. The normalized spacial score (nSPS) is 31.2. The Balaban J connectivity index is 1.52. The average Bonchev–Trinajstić information content (AvgIpc) is 3.22. The number of likely N-dealkylation sites (tertiary alicyclic amines) is 1. The van der Waals surface area contributed by atoms with Gasteiger partial charge in [0.25, 0.3) is 11.3 Å². The van der Waals surface area contributed by atoms with Crippen molar-refractivity contribution in [3.63, 3.8) is 0 Å². The maximum Gasteiger partial charge on any atom is 0.410 e. The zero-order chi connectivity index (χ0) is 20.0. The predicted octanol–water partition coefficient (Wildman–Crippen LogP) is 2.51. The average molecular weight is 454 g/mol. The molecule has 2 fully saturated rings. The smallest absolute Gasteiger partial charge is 0.410 e. The summed E-state index contributed by atoms with van der Waals surface area (Å²) in [4.78, 5) is 35.7. The molecule has 1 saturated heterocycles. The minimum Gasteiger partial charge on any atom is -0.444 e. The number of aromatic nitrogens is 4. The van der Waals surface area contributed by atoms with Crippen LogP contribution in [0, 0.1) is 5.92 Å². The van der Waals surface area contributed by atoms with Gasteiger partial charge in [0.2, 0.25) is 0 Å². The van der Waals surface area contributed by atoms with E-state index in [0.717, 1.165) is 6.42 Å². The molecular weight excluding hydrogens is 433 g/mol. The summed E-state index contributed by atoms with van der Waals surface area (Å²) in [5.41, 5.74) is -0.677. The molecule has 0 radical (unpaired) electrons. The highest BCUT2D eigenvalue weighted by molar-refractivity contribution is 9.10. The number of fused-ring (bicyclic) bond motifs is 6. The zero-order valence-corrected chi connectivity index (χ0v) is 17.4. The first-order valence-electron chi connectivity index (χ1n) is 9.42. The molecule has 1 saturated carbocycles. The first kappa shape index (κ1) is 18.1. The van der Waals surface area contributed by atoms with Crippen LogP contribution in [0.2, 0.25) is 0 Å². The minimum absolute atomic E-state index is 0.0639. The van der Waals surface area contributed by atoms with Gasteiger partial charge >= 0.3 is 6.09 Å². The van der Waals surface area contributed by atoms with E-state index in [1.165, 1.54) is 9.42 Å². The van der Waals surface area contributed by atoms with Crippen LogP contribution in [-0.2, 0) is 10.2 Å². The van der Waals surface area contributed by atoms with E-state index in [2.05, 4.69) is 31.0 Å². The molecule has 3 aliphatic rings. The van der Waals surface area contributed by atoms with Gasteiger partial charge in [-0.2, -0.15) is 9.50 Å². The topological polar surface area (TPSA) is 92.6 Å². The quantitative estimate of drug-likeness (QED) is 0.661. The van der Waals surface area contributed by atoms with Gasteiger partial charge in [-0.3, -0.25) is 9.89 Å². The summed E-state index contributed by atoms with van der Waals surface area (Å²) < 4.78 is 22.7. The molecule has 28 heavy (non-hydrogen) atoms. The number of hydrogen-bond acceptors (Lipinski definition) is 5. The molecule has 1 N–H and O–H groups in total. The Labute approximate surface area is 168 Å². The minimum atomic E-state index is -1.34. The summed E-state index contributed by atoms with van der Waals surface area (Å²) in [6, 6.07) is 0. The van der Waals surface area contributed by atoms with E-state index in [9.17, 15) is 9.59 Å². The highest BCUT2D eigenvalue weighted by Crippen LogP contribution is 2.67. The van der Waals surface area contributed by atoms with Crippen molar-refractivity contribution in [3.8, 4) is 0 Å². The molecule has 8 nitrogen and oxygen atoms in total. The fourth-order valence-corrected chi connectivity index (χ4v) is 5.32. The van der Waals surface area contributed by atoms with Gasteiger partial charge in [-0.1, -0.05) is 0 Å². The number of nitrogens with one attached hydrogen (secondary N) is 1. The van der Waals surface area contributed by atoms with Crippen LogP contribution in [0.25, 0.3) is 5.78 Å². The van der Waals surface area contributed by atoms with Crippen LogP contribution in [-0.4, -0.2) is 55.4 Å². The molecule has 150 valence electrons. The van der Waals surface area contributed by atoms with Gasteiger partial charge in [-0.15, -0.1) is 0 Å². The van der Waals surface area contributed by atoms with Crippen molar-refractivity contribution in [2.45, 2.75) is 56.7 Å². The number of amides is 1. The van der Waals surface area contributed by atoms with Gasteiger partial charge in [0.1, 0.15) is 11.8 Å². The number of aromatic amines is 1. The number of carbonyl (C=O) groups is 1. The van der Waals surface area contributed by atoms with Crippen LogP contribution in [0.4, 0.5) is 9.18 Å². The Morgan fingerprint density at radius 1 is 1.39 bits per heavy atom. The molecule has 0 aromatic carbocycles. The second-order valence-corrected chi connectivity index (χ2v) is 9.71. The Kier molecular flexibility index (Phi) is 3.58. The maximum atomic E-state index is 15.7. The predicted molar refractivity (Wildman–Crippen MR) is 101 cm³/mol. The number of nitrogens with zero attached hydrogens (tertiary/aromatic N) is 4. The number of alkyl halides is 1. The monoisotopic (exact) mass is 453 g/mol. The first-order valence-corrected chi connectivity index (χ1v) is 10.2. The number of carbonyl (C=O) groups excluding carboxylic acids is 1. The Morgan fingerprint density at radius 2 is 2.14 bits per heavy atom. The fourth-order valence-electron chi connectivity index (χ4n) is 4.98. The van der Waals surface area contributed by atoms with Crippen molar-refractivity contribution in [2.75, 3.05) is 13.1 Å². The van der Waals surface area contributed by atoms with Crippen LogP contribution in [0.15, 0.2) is 9.53 Å². The summed E-state index contributed by atoms with van der Waals surface area (Å²) in [7, 11) is 0. The molecule has 2 aromatic heterocycles. The van der Waals surface area contributed by atoms with E-state index in [4.69, 9.17) is 4.74 Å². The SMILES string of the molecule is CC(C)(C)OC(=O)N1CC[C@]2(c3c(nc4nc(Br)[nH]n4c3=O)C3CC32)[C@@H](F)C1. The van der Waals surface area contributed by atoms with Gasteiger partial charge in [-0.05, 0) is 55.5 Å². The Morgan fingerprint density at radius 3 is 2.82 bits per heavy atom. The summed E-state index contributed by atoms with van der Waals surface area (Å²) >= 11 is 3.22. The van der Waals surface area contributed by atoms with Crippen molar-refractivity contribution in [2.24, 2.45) is 5.92 Å². The van der Waals surface area contributed by atoms with Gasteiger partial charge in [0, 0.05) is 17.9 Å². The van der Waals surface area contributed by atoms with E-state index >= 15 is 4.39 Å². The van der Waals surface area contributed by atoms with Gasteiger partial charge < -0.3 is 9.64 Å². The summed E-state index contributed by atoms with van der Waals surface area (Å²) in [6.45, 7) is 5.63. The highest BCUT2D eigenvalue weighted by Gasteiger charge is 2.68. The largest absolute Gasteiger partial charge is 0.444 e. The number of halogens is 2. The molecule has 4 atom stereocenters. The molecule has 2 aliphatic carbocycles. The standard InChI is InChI=1S/C18H21BrFN5O3/c1-17(2,3)28-16(27)24-5-4-18(10(20)7-24)9-6-8(9)12-11(18)13(26)25-15(21-12)22-14(19)23-25/h8-10H,4-7H2,1-3H3,(H,21,22,23)/t8?,9?,10-,18+/m0/s1. The number of ether oxygens (including phenoxy) is 1. The number of rotatable bonds is 0. The molecular formula is C18H21BrFN5O3. The molecule has 3 heterocycles. The van der Waals surface area contributed by atoms with Crippen LogP contribution in [0.1, 0.15) is 50.8 Å². The maximum absolute atomic E-state index is 15.7. The third kappa shape index (κ3) is 2.39. The van der Waals surface area contributed by atoms with Gasteiger partial charge in [0.15, 0.2) is 4.73 Å². The third-order valence-corrected chi connectivity index (χ3v) is 6.51. The van der Waals surface area contributed by atoms with Crippen molar-refractivity contribution >= 4 is 27.8 Å². The molecule has 1 aliphatic heterocycles. The molecule has 5 rings (SSSR count). The second-order valence-electron chi connectivity index (χ2n) is 8.96. The summed E-state index contributed by atoms with van der Waals surface area (Å²) in [5, 5.41) is 2.82. The van der Waals surface area contributed by atoms with Crippen molar-refractivity contribution in [1.29, 1.82) is 0 Å². The van der Waals surface area contributed by atoms with E-state index in [1.54, 1.807) is 20.8 Å². The lowest BCUT2D eigenvalue weighted by atomic mass is 9.70. The van der Waals surface area contributed by atoms with Gasteiger partial charge in [0.05, 0.1) is 17.8 Å². The molecule has 10 heteroatoms. The van der Waals surface area contributed by atoms with Crippen molar-refractivity contribution in [3.05, 3.63) is 26.3 Å². The zero-order valence-electron chi connectivity index (χ0n) is 15.8. The van der Waals surface area contributed by atoms with E-state index in [0.29, 0.717) is 34.7 Å². The first-order chi connectivity index (χ1) is 13.1. The molecule has 2 aromatic rings. The van der Waals surface area contributed by atoms with Crippen molar-refractivity contribution in [1.82, 2.24) is 24.5 Å². The molecule has 1 amide bonds. The van der Waals surface area contributed by atoms with Gasteiger partial charge in [-0.25, -0.2) is 14.2 Å². The lowest BCUT2D eigenvalue weighted by molar-refractivity contribution is -0.00364. The lowest BCUT2D eigenvalue weighted by Gasteiger charge is -2.43. The third-order valence-electron chi connectivity index (χ3n) is 6.15. The fraction of sp³-hybridized carbons (Fsp3) is 0.667. The highest BCUT2D eigenvalue weighted by atomic mass is 79.9. The summed E-state index contributed by atoms with van der Waals surface area (Å²) in [6.07, 6.45) is -0.643. The summed E-state index contributed by atoms with van der Waals surface area (Å²) in [5.74, 6) is 0.462. The van der Waals surface area contributed by atoms with E-state index < -0.39 is 23.3 Å². The number of hydrogen-bond donors (Lipinski definition) is 1. The Hall–Kier alpha value is -1.97. The van der Waals surface area contributed by atoms with Crippen LogP contribution < -0.4 is 5.56 Å². The molecule has 2 unspecified atom stereocenters. The van der Waals surface area contributed by atoms with Crippen LogP contribution >= 0.6 is 15.9 Å². The lowest BCUT2D eigenvalue weighted by Crippen LogP contribution is -2.56. The second kappa shape index (κ2) is 5.55. The van der Waals surface area contributed by atoms with E-state index in [-0.39, 0.29) is 23.9 Å². The van der Waals surface area contributed by atoms with Crippen LogP contribution in [0.3, 0.4) is 0 Å². The molecule has 0 bridgehead atoms. The Bertz CT molecular complexity index is 1060. The number of H-pyrrole nitrogens is 1. The van der Waals surface area contributed by atoms with Crippen molar-refractivity contribution < 1.29 is 13.9 Å². The van der Waals surface area contributed by atoms with Crippen LogP contribution in [0.5, 0.6) is 0 Å². The van der Waals surface area contributed by atoms with E-state index in [1.807, 2.05) is 0 Å².